The Balaban J connectivity index is 0.000000526. The van der Waals surface area contributed by atoms with Gasteiger partial charge in [-0.15, -0.1) is 87.8 Å². The molecule has 0 bridgehead atoms. The molecule has 0 heterocycles. The summed E-state index contributed by atoms with van der Waals surface area (Å²) < 4.78 is 0. The number of aryl methyl sites for hydroxylation is 1. The molecule has 0 nitrogen and oxygen atoms in total. The van der Waals surface area contributed by atoms with Crippen molar-refractivity contribution in [2.75, 3.05) is 0 Å². The predicted octanol–water partition coefficient (Wildman–Crippen LogP) is 15.5. The Kier molecular flexibility index (Phi) is 18.9. The van der Waals surface area contributed by atoms with Gasteiger partial charge in [-0.3, -0.25) is 0 Å². The van der Waals surface area contributed by atoms with Crippen molar-refractivity contribution >= 4 is 53.2 Å². The number of fused-ring (bicyclic) bond motifs is 2. The number of hydrogen-bond acceptors (Lipinski definition) is 0. The maximum atomic E-state index is 3.06. The van der Waals surface area contributed by atoms with Crippen LogP contribution in [0.4, 0.5) is 0 Å². The monoisotopic (exact) mass is 846 g/mol. The zero-order chi connectivity index (χ0) is 36.2. The predicted molar refractivity (Wildman–Crippen MR) is 245 cm³/mol. The van der Waals surface area contributed by atoms with Crippen molar-refractivity contribution in [3.05, 3.63) is 171 Å². The van der Waals surface area contributed by atoms with Crippen LogP contribution >= 0.6 is 24.8 Å². The van der Waals surface area contributed by atoms with E-state index in [1.807, 2.05) is 0 Å². The normalized spacial score (nSPS) is 10.8. The molecule has 4 heteroatoms. The molecule has 0 aliphatic heterocycles. The van der Waals surface area contributed by atoms with Crippen molar-refractivity contribution in [2.24, 2.45) is 0 Å². The summed E-state index contributed by atoms with van der Waals surface area (Å²) >= 11 is 1.36. The molecular formula is C50H58Cl2SiZr-4. The van der Waals surface area contributed by atoms with Gasteiger partial charge in [-0.05, 0) is 44.6 Å². The summed E-state index contributed by atoms with van der Waals surface area (Å²) in [5.74, 6) is 0.584. The van der Waals surface area contributed by atoms with Crippen LogP contribution in [0, 0.1) is 21.8 Å². The van der Waals surface area contributed by atoms with Crippen molar-refractivity contribution in [3.63, 3.8) is 0 Å². The van der Waals surface area contributed by atoms with E-state index in [9.17, 15) is 0 Å². The van der Waals surface area contributed by atoms with E-state index in [-0.39, 0.29) is 50.5 Å². The number of halogens is 2. The third-order valence-corrected chi connectivity index (χ3v) is 9.64. The Morgan fingerprint density at radius 3 is 1.52 bits per heavy atom. The average Bonchev–Trinajstić information content (AvgIpc) is 3.72. The zero-order valence-corrected chi connectivity index (χ0v) is 39.2. The van der Waals surface area contributed by atoms with Crippen LogP contribution in [0.5, 0.6) is 0 Å². The quantitative estimate of drug-likeness (QED) is 0.122. The van der Waals surface area contributed by atoms with Crippen molar-refractivity contribution < 1.29 is 23.3 Å². The number of rotatable bonds is 4. The Morgan fingerprint density at radius 2 is 1.00 bits per heavy atom. The molecule has 2 radical (unpaired) electrons. The van der Waals surface area contributed by atoms with Gasteiger partial charge in [0.05, 0.1) is 0 Å². The molecule has 0 aromatic heterocycles. The summed E-state index contributed by atoms with van der Waals surface area (Å²) in [5.41, 5.74) is 13.6. The van der Waals surface area contributed by atoms with Gasteiger partial charge in [0.15, 0.2) is 0 Å². The molecular weight excluding hydrogens is 791 g/mol. The van der Waals surface area contributed by atoms with Crippen LogP contribution in [0.1, 0.15) is 83.6 Å². The molecule has 0 atom stereocenters. The van der Waals surface area contributed by atoms with E-state index in [0.717, 1.165) is 0 Å². The third kappa shape index (κ3) is 11.5. The second kappa shape index (κ2) is 20.8. The van der Waals surface area contributed by atoms with E-state index in [0.29, 0.717) is 5.92 Å². The Bertz CT molecular complexity index is 2170. The summed E-state index contributed by atoms with van der Waals surface area (Å²) in [6, 6.07) is 49.3. The fourth-order valence-electron chi connectivity index (χ4n) is 6.65. The molecule has 54 heavy (non-hydrogen) atoms. The summed E-state index contributed by atoms with van der Waals surface area (Å²) in [7, 11) is 0. The summed E-state index contributed by atoms with van der Waals surface area (Å²) in [6.07, 6.45) is 0. The summed E-state index contributed by atoms with van der Waals surface area (Å²) in [5, 5.41) is 5.37. The van der Waals surface area contributed by atoms with Gasteiger partial charge >= 0.3 is 30.2 Å². The Labute approximate surface area is 357 Å². The Hall–Kier alpha value is -3.00. The minimum absolute atomic E-state index is 0. The second-order valence-corrected chi connectivity index (χ2v) is 15.8. The molecule has 0 aliphatic carbocycles. The van der Waals surface area contributed by atoms with Crippen LogP contribution in [0.2, 0.25) is 0 Å². The third-order valence-electron chi connectivity index (χ3n) is 9.64. The van der Waals surface area contributed by atoms with E-state index in [4.69, 9.17) is 0 Å². The van der Waals surface area contributed by atoms with E-state index in [1.165, 1.54) is 101 Å². The molecule has 0 saturated carbocycles. The molecule has 0 aliphatic rings. The molecule has 0 spiro atoms. The fraction of sp³-hybridized carbons (Fsp3) is 0.240. The van der Waals surface area contributed by atoms with Crippen LogP contribution in [0.3, 0.4) is 0 Å². The molecule has 0 fully saturated rings. The van der Waals surface area contributed by atoms with Gasteiger partial charge in [0.25, 0.3) is 0 Å². The van der Waals surface area contributed by atoms with Crippen LogP contribution in [0.15, 0.2) is 133 Å². The fourth-order valence-corrected chi connectivity index (χ4v) is 6.65. The molecule has 7 aromatic carbocycles. The number of benzene rings is 5. The van der Waals surface area contributed by atoms with Gasteiger partial charge in [-0.25, -0.2) is 0 Å². The van der Waals surface area contributed by atoms with Gasteiger partial charge in [0.1, 0.15) is 0 Å². The van der Waals surface area contributed by atoms with Crippen molar-refractivity contribution in [3.8, 4) is 33.4 Å². The molecule has 7 rings (SSSR count). The minimum atomic E-state index is 0. The van der Waals surface area contributed by atoms with Gasteiger partial charge in [0, 0.05) is 0 Å². The first kappa shape index (κ1) is 49.0. The molecule has 0 saturated heterocycles. The standard InChI is InChI=1S/C30H33.C18H17.2CH3.2ClH.Si.Zr/c1-20-16-24-18-23(21-8-12-25(13-9-21)29(2,3)4)19-28(27(24)17-20)22-10-14-26(15-11-22)30(5,6)7;1-13(2)16-11-15-9-6-10-17(18(15)12-16)14-7-4-3-5-8-14;;;;;;/h8-19H,1-7H3;3-13H,1-2H3;2*1H3;2*1H;;/q4*-1;;;;. The molecule has 0 N–H and O–H groups in total. The molecule has 7 aromatic rings. The van der Waals surface area contributed by atoms with Gasteiger partial charge in [-0.2, -0.15) is 12.1 Å². The SMILES string of the molecule is CC(C)c1cc2c(-c3ccccc3)cccc2[cH-]1.Cc1cc2c(-c3ccc(C(C)(C)C)cc3)cc(-c3ccc(C(C)(C)C)cc3)cc2[cH-]1.Cl.Cl.[CH3-].[CH3-].[Si]=[Zr]. The van der Waals surface area contributed by atoms with Crippen molar-refractivity contribution in [1.29, 1.82) is 0 Å². The second-order valence-electron chi connectivity index (χ2n) is 15.8. The van der Waals surface area contributed by atoms with E-state index in [1.54, 1.807) is 0 Å². The van der Waals surface area contributed by atoms with Crippen molar-refractivity contribution in [2.45, 2.75) is 79.1 Å². The van der Waals surface area contributed by atoms with Crippen molar-refractivity contribution in [1.82, 2.24) is 0 Å². The van der Waals surface area contributed by atoms with Gasteiger partial charge in [-0.1, -0.05) is 170 Å². The first-order chi connectivity index (χ1) is 23.8. The maximum absolute atomic E-state index is 3.06. The van der Waals surface area contributed by atoms with E-state index in [2.05, 4.69) is 203 Å². The Morgan fingerprint density at radius 1 is 0.500 bits per heavy atom. The van der Waals surface area contributed by atoms with E-state index >= 15 is 0 Å². The molecule has 0 amide bonds. The summed E-state index contributed by atoms with van der Waals surface area (Å²) in [4.78, 5) is 0. The van der Waals surface area contributed by atoms with Crippen LogP contribution in [-0.2, 0) is 34.2 Å². The van der Waals surface area contributed by atoms with Crippen LogP contribution in [0.25, 0.3) is 54.9 Å². The molecule has 284 valence electrons. The van der Waals surface area contributed by atoms with Gasteiger partial charge < -0.3 is 14.9 Å². The van der Waals surface area contributed by atoms with Crippen LogP contribution < -0.4 is 0 Å². The molecule has 0 unspecified atom stereocenters. The number of hydrogen-bond donors (Lipinski definition) is 0. The topological polar surface area (TPSA) is 0 Å². The first-order valence-corrected chi connectivity index (χ1v) is 21.9. The van der Waals surface area contributed by atoms with E-state index < -0.39 is 0 Å². The average molecular weight is 849 g/mol. The zero-order valence-electron chi connectivity index (χ0n) is 34.1. The first-order valence-electron chi connectivity index (χ1n) is 17.7. The van der Waals surface area contributed by atoms with Gasteiger partial charge in [0.2, 0.25) is 0 Å². The van der Waals surface area contributed by atoms with Crippen LogP contribution in [-0.4, -0.2) is 6.88 Å². The summed E-state index contributed by atoms with van der Waals surface area (Å²) in [6.45, 7) is 23.3.